The van der Waals surface area contributed by atoms with E-state index < -0.39 is 0 Å². The van der Waals surface area contributed by atoms with Gasteiger partial charge in [0.05, 0.1) is 15.2 Å². The minimum Gasteiger partial charge on any atom is -0.351 e. The molecule has 0 spiro atoms. The van der Waals surface area contributed by atoms with E-state index in [1.54, 1.807) is 11.3 Å². The van der Waals surface area contributed by atoms with Gasteiger partial charge in [0.15, 0.2) is 0 Å². The molecule has 120 valence electrons. The summed E-state index contributed by atoms with van der Waals surface area (Å²) in [4.78, 5) is 20.0. The van der Waals surface area contributed by atoms with Crippen LogP contribution in [0.1, 0.15) is 21.9 Å². The van der Waals surface area contributed by atoms with E-state index in [-0.39, 0.29) is 5.91 Å². The molecule has 0 bridgehead atoms. The summed E-state index contributed by atoms with van der Waals surface area (Å²) in [6.07, 6.45) is 1.76. The van der Waals surface area contributed by atoms with E-state index in [2.05, 4.69) is 21.4 Å². The van der Waals surface area contributed by atoms with Crippen molar-refractivity contribution in [2.75, 3.05) is 6.54 Å². The number of thiazole rings is 1. The maximum Gasteiger partial charge on any atom is 0.267 e. The Hall–Kier alpha value is -2.66. The summed E-state index contributed by atoms with van der Waals surface area (Å²) in [5.74, 6) is -0.0597. The normalized spacial score (nSPS) is 11.2. The van der Waals surface area contributed by atoms with Gasteiger partial charge in [-0.25, -0.2) is 4.98 Å². The van der Waals surface area contributed by atoms with Gasteiger partial charge in [-0.3, -0.25) is 4.79 Å². The molecule has 24 heavy (non-hydrogen) atoms. The van der Waals surface area contributed by atoms with Crippen molar-refractivity contribution in [3.05, 3.63) is 65.3 Å². The van der Waals surface area contributed by atoms with Crippen LogP contribution in [-0.2, 0) is 6.42 Å². The fourth-order valence-electron chi connectivity index (χ4n) is 2.76. The Morgan fingerprint density at radius 3 is 2.83 bits per heavy atom. The lowest BCUT2D eigenvalue weighted by molar-refractivity contribution is 0.0949. The molecule has 5 heteroatoms. The molecule has 0 saturated carbocycles. The van der Waals surface area contributed by atoms with E-state index in [0.29, 0.717) is 12.2 Å². The van der Waals surface area contributed by atoms with Gasteiger partial charge in [0.25, 0.3) is 5.91 Å². The fraction of sp³-hybridized carbons (Fsp3) is 0.158. The van der Waals surface area contributed by atoms with Crippen molar-refractivity contribution in [2.45, 2.75) is 12.8 Å². The largest absolute Gasteiger partial charge is 0.351 e. The van der Waals surface area contributed by atoms with Gasteiger partial charge < -0.3 is 10.3 Å². The number of aryl methyl sites for hydroxylation is 1. The standard InChI is InChI=1S/C19H17N3OS/c23-19(16-12-13-6-1-2-7-14(13)21-16)20-11-5-10-18-22-15-8-3-4-9-17(15)24-18/h1-4,6-9,12,21H,5,10-11H2,(H,20,23). The number of amides is 1. The number of nitrogens with zero attached hydrogens (tertiary/aromatic N) is 1. The fourth-order valence-corrected chi connectivity index (χ4v) is 3.77. The third kappa shape index (κ3) is 3.03. The summed E-state index contributed by atoms with van der Waals surface area (Å²) in [6, 6.07) is 17.9. The van der Waals surface area contributed by atoms with Crippen LogP contribution in [0.2, 0.25) is 0 Å². The van der Waals surface area contributed by atoms with Gasteiger partial charge in [-0.2, -0.15) is 0 Å². The smallest absolute Gasteiger partial charge is 0.267 e. The highest BCUT2D eigenvalue weighted by Gasteiger charge is 2.09. The van der Waals surface area contributed by atoms with Crippen LogP contribution in [-0.4, -0.2) is 22.4 Å². The molecule has 4 aromatic rings. The first-order valence-corrected chi connectivity index (χ1v) is 8.82. The Kier molecular flexibility index (Phi) is 4.01. The second kappa shape index (κ2) is 6.45. The number of hydrogen-bond donors (Lipinski definition) is 2. The van der Waals surface area contributed by atoms with Crippen LogP contribution in [0.25, 0.3) is 21.1 Å². The zero-order valence-electron chi connectivity index (χ0n) is 13.1. The molecular formula is C19H17N3OS. The van der Waals surface area contributed by atoms with Gasteiger partial charge in [-0.05, 0) is 30.7 Å². The number of aromatic amines is 1. The van der Waals surface area contributed by atoms with E-state index in [1.165, 1.54) is 4.70 Å². The number of hydrogen-bond acceptors (Lipinski definition) is 3. The SMILES string of the molecule is O=C(NCCCc1nc2ccccc2s1)c1cc2ccccc2[nH]1. The maximum atomic E-state index is 12.2. The average molecular weight is 335 g/mol. The van der Waals surface area contributed by atoms with Gasteiger partial charge in [-0.15, -0.1) is 11.3 Å². The van der Waals surface area contributed by atoms with Crippen molar-refractivity contribution in [1.82, 2.24) is 15.3 Å². The number of fused-ring (bicyclic) bond motifs is 2. The van der Waals surface area contributed by atoms with Crippen molar-refractivity contribution in [1.29, 1.82) is 0 Å². The summed E-state index contributed by atoms with van der Waals surface area (Å²) >= 11 is 1.73. The van der Waals surface area contributed by atoms with Crippen molar-refractivity contribution >= 4 is 38.4 Å². The quantitative estimate of drug-likeness (QED) is 0.539. The van der Waals surface area contributed by atoms with E-state index in [9.17, 15) is 4.79 Å². The monoisotopic (exact) mass is 335 g/mol. The third-order valence-electron chi connectivity index (χ3n) is 3.97. The van der Waals surface area contributed by atoms with Gasteiger partial charge in [-0.1, -0.05) is 30.3 Å². The van der Waals surface area contributed by atoms with Crippen LogP contribution < -0.4 is 5.32 Å². The second-order valence-corrected chi connectivity index (χ2v) is 6.82. The molecule has 0 aliphatic heterocycles. The van der Waals surface area contributed by atoms with Crippen LogP contribution >= 0.6 is 11.3 Å². The van der Waals surface area contributed by atoms with Gasteiger partial charge in [0.1, 0.15) is 5.69 Å². The van der Waals surface area contributed by atoms with Gasteiger partial charge in [0, 0.05) is 23.9 Å². The minimum atomic E-state index is -0.0597. The highest BCUT2D eigenvalue weighted by Crippen LogP contribution is 2.22. The number of para-hydroxylation sites is 2. The molecule has 0 fully saturated rings. The predicted molar refractivity (Wildman–Crippen MR) is 98.6 cm³/mol. The molecule has 2 aromatic heterocycles. The molecule has 0 aliphatic carbocycles. The maximum absolute atomic E-state index is 12.2. The first-order chi connectivity index (χ1) is 11.8. The number of aromatic nitrogens is 2. The van der Waals surface area contributed by atoms with Gasteiger partial charge in [0.2, 0.25) is 0 Å². The highest BCUT2D eigenvalue weighted by molar-refractivity contribution is 7.18. The summed E-state index contributed by atoms with van der Waals surface area (Å²) in [5.41, 5.74) is 2.65. The zero-order chi connectivity index (χ0) is 16.4. The molecule has 0 saturated heterocycles. The molecule has 1 amide bonds. The Morgan fingerprint density at radius 1 is 1.12 bits per heavy atom. The number of nitrogens with one attached hydrogen (secondary N) is 2. The lowest BCUT2D eigenvalue weighted by Gasteiger charge is -2.02. The molecule has 0 atom stereocenters. The summed E-state index contributed by atoms with van der Waals surface area (Å²) in [7, 11) is 0. The number of H-pyrrole nitrogens is 1. The van der Waals surface area contributed by atoms with E-state index in [0.717, 1.165) is 34.3 Å². The molecule has 4 nitrogen and oxygen atoms in total. The Bertz CT molecular complexity index is 936. The minimum absolute atomic E-state index is 0.0597. The number of carbonyl (C=O) groups excluding carboxylic acids is 1. The van der Waals surface area contributed by atoms with Crippen molar-refractivity contribution in [2.24, 2.45) is 0 Å². The Labute approximate surface area is 143 Å². The second-order valence-electron chi connectivity index (χ2n) is 5.71. The zero-order valence-corrected chi connectivity index (χ0v) is 13.9. The first-order valence-electron chi connectivity index (χ1n) is 8.00. The van der Waals surface area contributed by atoms with E-state index in [4.69, 9.17) is 0 Å². The van der Waals surface area contributed by atoms with Crippen molar-refractivity contribution in [3.8, 4) is 0 Å². The van der Waals surface area contributed by atoms with Crippen molar-refractivity contribution in [3.63, 3.8) is 0 Å². The topological polar surface area (TPSA) is 57.8 Å². The van der Waals surface area contributed by atoms with Crippen LogP contribution in [0.15, 0.2) is 54.6 Å². The van der Waals surface area contributed by atoms with Crippen LogP contribution in [0.3, 0.4) is 0 Å². The molecule has 2 N–H and O–H groups in total. The van der Waals surface area contributed by atoms with Gasteiger partial charge >= 0.3 is 0 Å². The summed E-state index contributed by atoms with van der Waals surface area (Å²) in [5, 5.41) is 5.14. The van der Waals surface area contributed by atoms with E-state index >= 15 is 0 Å². The molecular weight excluding hydrogens is 318 g/mol. The third-order valence-corrected chi connectivity index (χ3v) is 5.06. The molecule has 0 aliphatic rings. The predicted octanol–water partition coefficient (Wildman–Crippen LogP) is 4.14. The summed E-state index contributed by atoms with van der Waals surface area (Å²) < 4.78 is 1.22. The number of benzene rings is 2. The van der Waals surface area contributed by atoms with Crippen molar-refractivity contribution < 1.29 is 4.79 Å². The first kappa shape index (κ1) is 14.9. The van der Waals surface area contributed by atoms with Crippen LogP contribution in [0.5, 0.6) is 0 Å². The number of carbonyl (C=O) groups is 1. The van der Waals surface area contributed by atoms with Crippen LogP contribution in [0.4, 0.5) is 0 Å². The lowest BCUT2D eigenvalue weighted by Crippen LogP contribution is -2.25. The Morgan fingerprint density at radius 2 is 1.96 bits per heavy atom. The highest BCUT2D eigenvalue weighted by atomic mass is 32.1. The Balaban J connectivity index is 1.32. The number of rotatable bonds is 5. The molecule has 0 unspecified atom stereocenters. The molecule has 0 radical (unpaired) electrons. The average Bonchev–Trinajstić information content (AvgIpc) is 3.21. The summed E-state index contributed by atoms with van der Waals surface area (Å²) in [6.45, 7) is 0.643. The molecule has 2 aromatic carbocycles. The molecule has 2 heterocycles. The lowest BCUT2D eigenvalue weighted by atomic mass is 10.2. The van der Waals surface area contributed by atoms with E-state index in [1.807, 2.05) is 48.5 Å². The molecule has 4 rings (SSSR count). The van der Waals surface area contributed by atoms with Crippen LogP contribution in [0, 0.1) is 0 Å².